The summed E-state index contributed by atoms with van der Waals surface area (Å²) in [5.41, 5.74) is 3.58. The third kappa shape index (κ3) is 5.37. The summed E-state index contributed by atoms with van der Waals surface area (Å²) in [6, 6.07) is 8.55. The number of benzene rings is 2. The van der Waals surface area contributed by atoms with E-state index in [1.165, 1.54) is 6.21 Å². The first-order valence-corrected chi connectivity index (χ1v) is 9.43. The molecule has 0 radical (unpaired) electrons. The van der Waals surface area contributed by atoms with Gasteiger partial charge >= 0.3 is 0 Å². The molecule has 1 N–H and O–H groups in total. The van der Waals surface area contributed by atoms with E-state index in [9.17, 15) is 4.79 Å². The van der Waals surface area contributed by atoms with Gasteiger partial charge in [0.1, 0.15) is 12.4 Å². The molecule has 0 aliphatic carbocycles. The van der Waals surface area contributed by atoms with Crippen LogP contribution in [0.1, 0.15) is 15.9 Å². The summed E-state index contributed by atoms with van der Waals surface area (Å²) in [4.78, 5) is 12.2. The minimum Gasteiger partial charge on any atom is -0.496 e. The number of hydrogen-bond acceptors (Lipinski definition) is 4. The van der Waals surface area contributed by atoms with E-state index in [4.69, 9.17) is 27.5 Å². The highest BCUT2D eigenvalue weighted by molar-refractivity contribution is 14.1. The fraction of sp³-hybridized carbons (Fsp3) is 0.111. The molecule has 2 aromatic rings. The van der Waals surface area contributed by atoms with Crippen molar-refractivity contribution in [3.8, 4) is 23.8 Å². The molecule has 2 rings (SSSR count). The van der Waals surface area contributed by atoms with E-state index in [2.05, 4.69) is 55.0 Å². The van der Waals surface area contributed by atoms with Gasteiger partial charge in [0.05, 0.1) is 26.4 Å². The number of carbonyl (C=O) groups is 1. The molecule has 0 heterocycles. The van der Waals surface area contributed by atoms with Crippen molar-refractivity contribution in [2.75, 3.05) is 13.7 Å². The smallest absolute Gasteiger partial charge is 0.271 e. The number of ether oxygens (including phenoxy) is 2. The van der Waals surface area contributed by atoms with Crippen molar-refractivity contribution in [3.63, 3.8) is 0 Å². The Morgan fingerprint density at radius 2 is 2.23 bits per heavy atom. The second-order valence-corrected chi connectivity index (χ2v) is 7.28. The molecule has 1 amide bonds. The number of amides is 1. The highest BCUT2D eigenvalue weighted by atomic mass is 127. The van der Waals surface area contributed by atoms with Crippen molar-refractivity contribution in [1.29, 1.82) is 0 Å². The first kappa shape index (κ1) is 20.6. The zero-order chi connectivity index (χ0) is 19.1. The number of hydrazone groups is 1. The van der Waals surface area contributed by atoms with E-state index in [0.717, 1.165) is 3.57 Å². The Morgan fingerprint density at radius 1 is 1.46 bits per heavy atom. The Labute approximate surface area is 178 Å². The predicted octanol–water partition coefficient (Wildman–Crippen LogP) is 4.49. The molecule has 0 bridgehead atoms. The van der Waals surface area contributed by atoms with Crippen molar-refractivity contribution < 1.29 is 14.3 Å². The number of rotatable bonds is 6. The highest BCUT2D eigenvalue weighted by Gasteiger charge is 2.10. The van der Waals surface area contributed by atoms with Crippen LogP contribution in [0.2, 0.25) is 5.02 Å². The van der Waals surface area contributed by atoms with Gasteiger partial charge in [-0.15, -0.1) is 6.42 Å². The van der Waals surface area contributed by atoms with Crippen LogP contribution in [0.3, 0.4) is 0 Å². The summed E-state index contributed by atoms with van der Waals surface area (Å²) in [5, 5.41) is 4.33. The fourth-order valence-corrected chi connectivity index (χ4v) is 3.48. The van der Waals surface area contributed by atoms with Gasteiger partial charge in [-0.2, -0.15) is 5.10 Å². The van der Waals surface area contributed by atoms with Crippen LogP contribution >= 0.6 is 50.1 Å². The highest BCUT2D eigenvalue weighted by Crippen LogP contribution is 2.34. The van der Waals surface area contributed by atoms with Gasteiger partial charge in [0.15, 0.2) is 5.75 Å². The van der Waals surface area contributed by atoms with Crippen molar-refractivity contribution >= 4 is 62.2 Å². The Hall–Kier alpha value is -1.76. The molecule has 134 valence electrons. The van der Waals surface area contributed by atoms with Crippen molar-refractivity contribution in [2.24, 2.45) is 5.10 Å². The monoisotopic (exact) mass is 546 g/mol. The molecule has 0 spiro atoms. The number of nitrogens with one attached hydrogen (secondary N) is 1. The van der Waals surface area contributed by atoms with Gasteiger partial charge in [0.25, 0.3) is 5.91 Å². The van der Waals surface area contributed by atoms with E-state index in [-0.39, 0.29) is 12.5 Å². The van der Waals surface area contributed by atoms with Crippen LogP contribution in [-0.2, 0) is 0 Å². The first-order valence-electron chi connectivity index (χ1n) is 7.18. The van der Waals surface area contributed by atoms with Crippen LogP contribution in [0.4, 0.5) is 0 Å². The number of hydrogen-bond donors (Lipinski definition) is 1. The molecule has 0 aliphatic heterocycles. The maximum Gasteiger partial charge on any atom is 0.271 e. The fourth-order valence-electron chi connectivity index (χ4n) is 1.94. The van der Waals surface area contributed by atoms with E-state index in [0.29, 0.717) is 32.1 Å². The minimum atomic E-state index is -0.352. The Kier molecular flexibility index (Phi) is 7.75. The Morgan fingerprint density at radius 3 is 2.88 bits per heavy atom. The van der Waals surface area contributed by atoms with E-state index >= 15 is 0 Å². The normalized spacial score (nSPS) is 10.4. The molecular weight excluding hydrogens is 534 g/mol. The maximum atomic E-state index is 12.2. The molecule has 0 saturated carbocycles. The van der Waals surface area contributed by atoms with Crippen molar-refractivity contribution in [2.45, 2.75) is 0 Å². The second-order valence-electron chi connectivity index (χ2n) is 4.85. The lowest BCUT2D eigenvalue weighted by Crippen LogP contribution is -2.17. The molecule has 0 saturated heterocycles. The average Bonchev–Trinajstić information content (AvgIpc) is 2.61. The quantitative estimate of drug-likeness (QED) is 0.251. The van der Waals surface area contributed by atoms with Gasteiger partial charge in [-0.3, -0.25) is 4.79 Å². The number of carbonyl (C=O) groups excluding carboxylic acids is 1. The molecule has 8 heteroatoms. The largest absolute Gasteiger partial charge is 0.496 e. The number of methoxy groups -OCH3 is 1. The summed E-state index contributed by atoms with van der Waals surface area (Å²) < 4.78 is 12.1. The van der Waals surface area contributed by atoms with Crippen LogP contribution in [-0.4, -0.2) is 25.8 Å². The molecule has 2 aromatic carbocycles. The molecule has 0 aromatic heterocycles. The maximum absolute atomic E-state index is 12.2. The number of nitrogens with zero attached hydrogens (tertiary/aromatic N) is 1. The molecular formula is C18H13BrClIN2O3. The SMILES string of the molecule is C#CCOc1c(Cl)cc(/C=N\NC(=O)c2ccc(I)c(OC)c2)cc1Br. The summed E-state index contributed by atoms with van der Waals surface area (Å²) in [7, 11) is 1.55. The van der Waals surface area contributed by atoms with Crippen LogP contribution < -0.4 is 14.9 Å². The van der Waals surface area contributed by atoms with Crippen LogP contribution in [0.15, 0.2) is 39.9 Å². The van der Waals surface area contributed by atoms with Crippen molar-refractivity contribution in [1.82, 2.24) is 5.43 Å². The second kappa shape index (κ2) is 9.80. The van der Waals surface area contributed by atoms with Crippen LogP contribution in [0.25, 0.3) is 0 Å². The lowest BCUT2D eigenvalue weighted by Gasteiger charge is -2.08. The molecule has 0 atom stereocenters. The van der Waals surface area contributed by atoms with Crippen LogP contribution in [0, 0.1) is 15.9 Å². The zero-order valence-corrected chi connectivity index (χ0v) is 18.1. The molecule has 0 aliphatic rings. The summed E-state index contributed by atoms with van der Waals surface area (Å²) in [6.07, 6.45) is 6.65. The molecule has 0 fully saturated rings. The van der Waals surface area contributed by atoms with Gasteiger partial charge in [0, 0.05) is 5.56 Å². The van der Waals surface area contributed by atoms with Crippen molar-refractivity contribution in [3.05, 3.63) is 54.5 Å². The molecule has 26 heavy (non-hydrogen) atoms. The third-order valence-corrected chi connectivity index (χ3v) is 4.87. The van der Waals surface area contributed by atoms with E-state index in [1.54, 1.807) is 37.4 Å². The third-order valence-electron chi connectivity index (χ3n) is 3.11. The number of terminal acetylenes is 1. The van der Waals surface area contributed by atoms with E-state index < -0.39 is 0 Å². The van der Waals surface area contributed by atoms with Gasteiger partial charge in [-0.25, -0.2) is 5.43 Å². The summed E-state index contributed by atoms with van der Waals surface area (Å²) in [5.74, 6) is 3.10. The number of halogens is 3. The van der Waals surface area contributed by atoms with Gasteiger partial charge in [-0.05, 0) is 74.4 Å². The minimum absolute atomic E-state index is 0.112. The van der Waals surface area contributed by atoms with Gasteiger partial charge in [0.2, 0.25) is 0 Å². The lowest BCUT2D eigenvalue weighted by molar-refractivity contribution is 0.0954. The molecule has 5 nitrogen and oxygen atoms in total. The zero-order valence-electron chi connectivity index (χ0n) is 13.6. The van der Waals surface area contributed by atoms with Crippen LogP contribution in [0.5, 0.6) is 11.5 Å². The molecule has 0 unspecified atom stereocenters. The van der Waals surface area contributed by atoms with E-state index in [1.807, 2.05) is 0 Å². The first-order chi connectivity index (χ1) is 12.5. The summed E-state index contributed by atoms with van der Waals surface area (Å²) >= 11 is 11.7. The topological polar surface area (TPSA) is 59.9 Å². The van der Waals surface area contributed by atoms with Gasteiger partial charge < -0.3 is 9.47 Å². The Balaban J connectivity index is 2.08. The summed E-state index contributed by atoms with van der Waals surface area (Å²) in [6.45, 7) is 0.112. The van der Waals surface area contributed by atoms with Gasteiger partial charge in [-0.1, -0.05) is 17.5 Å². The predicted molar refractivity (Wildman–Crippen MR) is 114 cm³/mol. The Bertz CT molecular complexity index is 873. The average molecular weight is 548 g/mol. The standard InChI is InChI=1S/C18H13BrClIN2O3/c1-3-6-26-17-13(19)7-11(8-14(17)20)10-22-23-18(24)12-4-5-15(21)16(9-12)25-2/h1,4-5,7-10H,6H2,2H3,(H,23,24)/b22-10-. The lowest BCUT2D eigenvalue weighted by atomic mass is 10.2.